The number of hydrogen-bond acceptors (Lipinski definition) is 2. The Morgan fingerprint density at radius 3 is 1.31 bits per heavy atom. The molecule has 19 aromatic rings. The van der Waals surface area contributed by atoms with E-state index in [1.165, 1.54) is 24.3 Å². The van der Waals surface area contributed by atoms with E-state index >= 15 is 0 Å². The van der Waals surface area contributed by atoms with Crippen LogP contribution >= 0.6 is 0 Å². The van der Waals surface area contributed by atoms with Gasteiger partial charge in [0.25, 0.3) is 6.33 Å². The molecule has 0 aliphatic heterocycles. The van der Waals surface area contributed by atoms with Crippen LogP contribution in [0.3, 0.4) is 0 Å². The van der Waals surface area contributed by atoms with Gasteiger partial charge in [0.1, 0.15) is 5.82 Å². The Morgan fingerprint density at radius 1 is 0.374 bits per heavy atom. The number of nitrogens with zero attached hydrogens (tertiary/aromatic N) is 4. The van der Waals surface area contributed by atoms with Crippen LogP contribution < -0.4 is 71.5 Å². The molecule has 0 fully saturated rings. The molecule has 0 unspecified atom stereocenters. The summed E-state index contributed by atoms with van der Waals surface area (Å²) in [6.07, 6.45) is 4.77. The summed E-state index contributed by atoms with van der Waals surface area (Å²) < 4.78 is 535. The summed E-state index contributed by atoms with van der Waals surface area (Å²) in [4.78, 5) is 4.81. The van der Waals surface area contributed by atoms with Gasteiger partial charge in [-0.1, -0.05) is 395 Å². The molecular formula is C106H80N4OPtSi3-2. The molecule has 0 amide bonds. The molecule has 16 aromatic carbocycles. The minimum absolute atomic E-state index is 0. The van der Waals surface area contributed by atoms with E-state index in [4.69, 9.17) is 17.9 Å². The molecule has 5 nitrogen and oxygen atoms in total. The first-order valence-corrected chi connectivity index (χ1v) is 40.8. The maximum Gasteiger partial charge on any atom is 0.268 e. The molecule has 0 N–H and O–H groups in total. The zero-order valence-electron chi connectivity index (χ0n) is 113. The van der Waals surface area contributed by atoms with E-state index in [2.05, 4.69) is 18.5 Å². The third-order valence-corrected chi connectivity index (χ3v) is 31.6. The number of para-hydroxylation sites is 2. The van der Waals surface area contributed by atoms with Crippen molar-refractivity contribution in [1.82, 2.24) is 14.1 Å². The molecule has 0 saturated carbocycles. The molecule has 0 saturated heterocycles. The SMILES string of the molecule is [2H]c1c([2H])c([2H])c([Si](c2cccc(-c3c([2H])c([2H])c([2H])c([Si](c4c([2H])c([2H])c([2H])c([2H])c4[2H])(c4c([2H])c([2H])c([2H])c([2H])c4[2H])c4c([2H])c([2H])c([2H])c([2H])c4[2H])c3[2H])c2-[n+]2[c-]n(-c3[c-]c(Oc4[c-]c5c(cc4)c4ccccc4n5-c4cc(C(C)(C)C)ccn4)ccc3)c3cc(-c4c([2H])c([2H])c([2H])c([Si](c5c([2H])c([2H])c([2H])c([2H])c5[2H])(c5c([2H])c([2H])c([2H])c([2H])c5[2H])c5c([2H])c([2H])c([2H])c([2H])c5[2H])c4[2H])ccc32)(c2c([2H])c([2H])c([2H])c([2H])c2[2H])c2c([2H])c([2H])c([2H])c([2H])c2[2H])c([2H])c1[2H].[Pt]. The molecule has 0 radical (unpaired) electrons. The Kier molecular flexibility index (Phi) is 9.56. The molecule has 0 aliphatic rings. The van der Waals surface area contributed by atoms with Gasteiger partial charge in [-0.05, 0) is 131 Å². The van der Waals surface area contributed by atoms with Crippen molar-refractivity contribution in [3.8, 4) is 50.9 Å². The Bertz CT molecular complexity index is 9380. The molecule has 0 bridgehead atoms. The van der Waals surface area contributed by atoms with Gasteiger partial charge in [0.05, 0.1) is 89.4 Å². The van der Waals surface area contributed by atoms with Gasteiger partial charge in [-0.15, -0.1) is 29.7 Å². The molecule has 0 aliphatic carbocycles. The topological polar surface area (TPSA) is 35.9 Å². The number of aromatic nitrogens is 4. The van der Waals surface area contributed by atoms with Crippen LogP contribution in [0.5, 0.6) is 11.5 Å². The van der Waals surface area contributed by atoms with Crippen molar-refractivity contribution in [3.63, 3.8) is 0 Å². The number of imidazole rings is 1. The number of fused-ring (bicyclic) bond motifs is 4. The van der Waals surface area contributed by atoms with Gasteiger partial charge in [-0.25, -0.2) is 4.98 Å². The average Bonchev–Trinajstić information content (AvgIpc) is 0.818. The Labute approximate surface area is 764 Å². The van der Waals surface area contributed by atoms with E-state index < -0.39 is 457 Å². The van der Waals surface area contributed by atoms with Crippen LogP contribution in [0.2, 0.25) is 0 Å². The quantitative estimate of drug-likeness (QED) is 0.0350. The fourth-order valence-electron chi connectivity index (χ4n) is 14.4. The molecule has 19 rings (SSSR count). The Balaban J connectivity index is 0.0000180. The van der Waals surface area contributed by atoms with Gasteiger partial charge in [0.2, 0.25) is 0 Å². The van der Waals surface area contributed by atoms with E-state index in [1.807, 2.05) is 49.6 Å². The Morgan fingerprint density at radius 2 is 0.817 bits per heavy atom. The van der Waals surface area contributed by atoms with Gasteiger partial charge >= 0.3 is 0 Å². The zero-order valence-corrected chi connectivity index (χ0v) is 65.2. The van der Waals surface area contributed by atoms with Crippen molar-refractivity contribution in [2.24, 2.45) is 0 Å². The number of rotatable bonds is 19. The van der Waals surface area contributed by atoms with E-state index in [0.717, 1.165) is 51.1 Å². The van der Waals surface area contributed by atoms with Crippen LogP contribution in [-0.2, 0) is 26.5 Å². The van der Waals surface area contributed by atoms with Crippen molar-refractivity contribution >= 4 is 119 Å². The van der Waals surface area contributed by atoms with Gasteiger partial charge < -0.3 is 13.9 Å². The van der Waals surface area contributed by atoms with E-state index in [0.29, 0.717) is 27.6 Å². The van der Waals surface area contributed by atoms with Crippen molar-refractivity contribution in [2.75, 3.05) is 0 Å². The molecular weight excluding hydrogens is 1620 g/mol. The molecule has 9 heteroatoms. The molecule has 0 atom stereocenters. The van der Waals surface area contributed by atoms with Crippen LogP contribution in [0.1, 0.15) is 99.0 Å². The van der Waals surface area contributed by atoms with E-state index in [9.17, 15) is 64.4 Å². The molecule has 3 heterocycles. The number of pyridine rings is 1. The van der Waals surface area contributed by atoms with E-state index in [-0.39, 0.29) is 32.6 Å². The van der Waals surface area contributed by atoms with Gasteiger partial charge in [-0.3, -0.25) is 4.57 Å². The van der Waals surface area contributed by atoms with Gasteiger partial charge in [0, 0.05) is 44.3 Å². The normalized spacial score (nSPS) is 18.3. The predicted octanol–water partition coefficient (Wildman–Crippen LogP) is 16.4. The minimum atomic E-state index is -7.09. The maximum absolute atomic E-state index is 11.6. The van der Waals surface area contributed by atoms with Crippen molar-refractivity contribution in [3.05, 3.63) is 454 Å². The summed E-state index contributed by atoms with van der Waals surface area (Å²) in [5, 5.41) is -14.6. The Hall–Kier alpha value is -12.9. The largest absolute Gasteiger partial charge is 0.510 e. The first-order valence-electron chi connectivity index (χ1n) is 61.3. The van der Waals surface area contributed by atoms with Crippen molar-refractivity contribution in [2.45, 2.75) is 26.2 Å². The number of benzene rings is 16. The van der Waals surface area contributed by atoms with Gasteiger partial charge in [0.15, 0.2) is 24.2 Å². The van der Waals surface area contributed by atoms with Crippen molar-refractivity contribution < 1.29 is 103 Å². The summed E-state index contributed by atoms with van der Waals surface area (Å²) in [5.41, 5.74) is -5.51. The maximum atomic E-state index is 11.6. The second kappa shape index (κ2) is 31.2. The van der Waals surface area contributed by atoms with Crippen LogP contribution in [0.25, 0.3) is 72.3 Å². The molecule has 554 valence electrons. The van der Waals surface area contributed by atoms with Crippen LogP contribution in [0, 0.1) is 18.5 Å². The first-order chi connectivity index (χ1) is 78.2. The molecule has 3 aromatic heterocycles. The van der Waals surface area contributed by atoms with Crippen LogP contribution in [0.4, 0.5) is 0 Å². The third-order valence-electron chi connectivity index (χ3n) is 19.4. The van der Waals surface area contributed by atoms with Crippen molar-refractivity contribution in [1.29, 1.82) is 0 Å². The molecule has 115 heavy (non-hydrogen) atoms. The second-order valence-electron chi connectivity index (χ2n) is 26.5. The standard InChI is InChI=1S/C106H80N4OSi3.Pt/c1-106(2,3)81-69-70-107-104(74-81)110-99-63-32-31-61-97(99)98-67-66-84(76-101(98)110)111-83-40-35-39-82(75-83)108-77-109(100-68-65-79(73-102(100)108)78-37-33-59-94(71-78)112(85-41-13-4-14-42-85,86-43-15-5-16-44-86)87-45-17-6-18-46-87)105-96(62-36-64-103(105)114(91-53-25-10-26-54-91,92-55-27-11-28-56-92)93-57-29-12-30-58-93)80-38-34-60-95(72-80)113(88-47-19-7-20-48-88,89-49-21-8-22-50-89)90-51-23-9-24-52-90;/h4-74H,1-3H3;/q-2;/i4D,5D,6D,7D,8D,9D,10D,11D,12D,13D,14D,15D,16D,17D,18D,19D,20D,21D,22D,23D,24D,25D,26D,27D,28D,29D,30D,33D,34D,37D,38D,41D,42D,43D,44D,45D,46D,47D,48D,49D,50D,51D,52D,53D,54D,55D,56D,57D,58D,59D,60D,71D,72D;. The number of ether oxygens (including phenoxy) is 1. The summed E-state index contributed by atoms with van der Waals surface area (Å²) in [6.45, 7) is 5.98. The smallest absolute Gasteiger partial charge is 0.268 e. The predicted molar refractivity (Wildman–Crippen MR) is 480 cm³/mol. The van der Waals surface area contributed by atoms with Crippen LogP contribution in [-0.4, -0.2) is 38.3 Å². The fourth-order valence-corrected chi connectivity index (χ4v) is 25.5. The summed E-state index contributed by atoms with van der Waals surface area (Å²) in [5.74, 6) is 0.0156. The minimum Gasteiger partial charge on any atom is -0.510 e. The summed E-state index contributed by atoms with van der Waals surface area (Å²) in [6, 6.07) is -44.1. The van der Waals surface area contributed by atoms with Crippen LogP contribution in [0.15, 0.2) is 430 Å². The summed E-state index contributed by atoms with van der Waals surface area (Å²) in [7, 11) is -21.0. The zero-order chi connectivity index (χ0) is 123. The summed E-state index contributed by atoms with van der Waals surface area (Å²) >= 11 is 0. The monoisotopic (exact) mass is 1760 g/mol. The second-order valence-corrected chi connectivity index (χ2v) is 37.1. The first kappa shape index (κ1) is 35.2. The number of hydrogen-bond donors (Lipinski definition) is 0. The molecule has 0 spiro atoms. The van der Waals surface area contributed by atoms with E-state index in [1.54, 1.807) is 24.4 Å². The third kappa shape index (κ3) is 13.0. The average molecular weight is 1760 g/mol. The fraction of sp³-hybridized carbons (Fsp3) is 0.0377. The van der Waals surface area contributed by atoms with Gasteiger partial charge in [-0.2, -0.15) is 18.2 Å².